The molecule has 0 aromatic heterocycles. The van der Waals surface area contributed by atoms with Crippen molar-refractivity contribution in [3.63, 3.8) is 0 Å². The monoisotopic (exact) mass is 403 g/mol. The quantitative estimate of drug-likeness (QED) is 0.380. The van der Waals surface area contributed by atoms with Gasteiger partial charge in [0.2, 0.25) is 5.90 Å². The van der Waals surface area contributed by atoms with E-state index in [-0.39, 0.29) is 27.5 Å². The van der Waals surface area contributed by atoms with Crippen molar-refractivity contribution in [2.24, 2.45) is 21.7 Å². The average Bonchev–Trinajstić information content (AvgIpc) is 2.78. The summed E-state index contributed by atoms with van der Waals surface area (Å²) < 4.78 is 5.50. The smallest absolute Gasteiger partial charge is 0.237 e. The molecule has 1 aromatic rings. The average molecular weight is 404 g/mol. The molecule has 0 unspecified atom stereocenters. The number of hydrogen-bond acceptors (Lipinski definition) is 6. The van der Waals surface area contributed by atoms with Gasteiger partial charge in [0.05, 0.1) is 0 Å². The van der Waals surface area contributed by atoms with Crippen LogP contribution in [0.15, 0.2) is 28.4 Å². The van der Waals surface area contributed by atoms with Crippen molar-refractivity contribution in [3.05, 3.63) is 33.8 Å². The largest absolute Gasteiger partial charge is 0.461 e. The second-order valence-electron chi connectivity index (χ2n) is 4.40. The Balaban J connectivity index is 2.48. The lowest BCUT2D eigenvalue weighted by Gasteiger charge is -2.12. The lowest BCUT2D eigenvalue weighted by atomic mass is 10.0. The van der Waals surface area contributed by atoms with Crippen LogP contribution in [-0.2, 0) is 4.74 Å². The third kappa shape index (κ3) is 4.29. The van der Waals surface area contributed by atoms with E-state index in [1.54, 1.807) is 18.2 Å². The van der Waals surface area contributed by atoms with Gasteiger partial charge in [-0.05, 0) is 36.6 Å². The number of benzene rings is 1. The van der Waals surface area contributed by atoms with Crippen LogP contribution in [0.1, 0.15) is 11.7 Å². The van der Waals surface area contributed by atoms with Gasteiger partial charge in [-0.25, -0.2) is 0 Å². The molecule has 1 atom stereocenters. The Labute approximate surface area is 157 Å². The standard InChI is InChI=1S/C12H11Cl2N7OS2/c13-4-1-2-5(6(14)3-4)9-7(18-20-11(16)23)8(10(15)22-9)19-21-12(17)24/h1-3,9,15H,(H3,16,20,23)(H3,17,21,24)/b15-10?,18-7-,19-8+/t9-/m1/s1. The second kappa shape index (κ2) is 7.71. The van der Waals surface area contributed by atoms with Crippen LogP contribution in [0.25, 0.3) is 0 Å². The molecule has 8 nitrogen and oxygen atoms in total. The summed E-state index contributed by atoms with van der Waals surface area (Å²) >= 11 is 21.5. The first kappa shape index (κ1) is 18.3. The normalized spacial score (nSPS) is 20.1. The Morgan fingerprint density at radius 1 is 1.17 bits per heavy atom. The molecule has 0 bridgehead atoms. The highest BCUT2D eigenvalue weighted by Gasteiger charge is 2.38. The van der Waals surface area contributed by atoms with Gasteiger partial charge in [-0.3, -0.25) is 16.3 Å². The van der Waals surface area contributed by atoms with Crippen LogP contribution in [0.2, 0.25) is 10.0 Å². The van der Waals surface area contributed by atoms with Crippen molar-refractivity contribution in [2.45, 2.75) is 6.10 Å². The molecule has 126 valence electrons. The maximum absolute atomic E-state index is 7.94. The molecule has 1 aliphatic heterocycles. The van der Waals surface area contributed by atoms with Gasteiger partial charge in [-0.15, -0.1) is 0 Å². The van der Waals surface area contributed by atoms with Crippen molar-refractivity contribution in [1.29, 1.82) is 5.41 Å². The van der Waals surface area contributed by atoms with E-state index in [0.29, 0.717) is 15.6 Å². The van der Waals surface area contributed by atoms with Crippen LogP contribution < -0.4 is 22.3 Å². The Bertz CT molecular complexity index is 781. The number of rotatable bonds is 3. The molecule has 1 saturated heterocycles. The number of halogens is 2. The van der Waals surface area contributed by atoms with Gasteiger partial charge in [-0.2, -0.15) is 10.2 Å². The molecular formula is C12H11Cl2N7OS2. The van der Waals surface area contributed by atoms with Crippen molar-refractivity contribution >= 4 is 75.2 Å². The first-order valence-corrected chi connectivity index (χ1v) is 7.84. The Morgan fingerprint density at radius 2 is 1.79 bits per heavy atom. The number of hydrazone groups is 2. The number of nitrogens with two attached hydrogens (primary N) is 2. The highest BCUT2D eigenvalue weighted by atomic mass is 35.5. The number of hydrogen-bond donors (Lipinski definition) is 5. The summed E-state index contributed by atoms with van der Waals surface area (Å²) in [5.41, 5.74) is 16.4. The molecule has 2 rings (SSSR count). The summed E-state index contributed by atoms with van der Waals surface area (Å²) in [6.07, 6.45) is -0.809. The van der Waals surface area contributed by atoms with E-state index in [1.165, 1.54) is 0 Å². The summed E-state index contributed by atoms with van der Waals surface area (Å²) in [5, 5.41) is 16.5. The minimum absolute atomic E-state index is 0.0662. The summed E-state index contributed by atoms with van der Waals surface area (Å²) in [7, 11) is 0. The Hall–Kier alpha value is -2.01. The topological polar surface area (TPSA) is 134 Å². The Kier molecular flexibility index (Phi) is 5.89. The number of thiocarbonyl (C=S) groups is 2. The minimum atomic E-state index is -0.809. The van der Waals surface area contributed by atoms with Gasteiger partial charge in [0.25, 0.3) is 0 Å². The van der Waals surface area contributed by atoms with Crippen molar-refractivity contribution in [2.75, 3.05) is 0 Å². The molecule has 1 aromatic carbocycles. The van der Waals surface area contributed by atoms with E-state index in [2.05, 4.69) is 33.3 Å². The van der Waals surface area contributed by atoms with Crippen molar-refractivity contribution in [1.82, 2.24) is 10.9 Å². The highest BCUT2D eigenvalue weighted by Crippen LogP contribution is 2.33. The molecule has 1 fully saturated rings. The van der Waals surface area contributed by atoms with Gasteiger partial charge in [0.15, 0.2) is 22.0 Å². The number of ether oxygens (including phenoxy) is 1. The van der Waals surface area contributed by atoms with E-state index in [4.69, 9.17) is 57.0 Å². The zero-order valence-corrected chi connectivity index (χ0v) is 15.0. The van der Waals surface area contributed by atoms with Crippen LogP contribution in [0.4, 0.5) is 0 Å². The molecule has 0 amide bonds. The van der Waals surface area contributed by atoms with Crippen LogP contribution in [0.3, 0.4) is 0 Å². The summed E-state index contributed by atoms with van der Waals surface area (Å²) in [4.78, 5) is 0. The Morgan fingerprint density at radius 3 is 2.38 bits per heavy atom. The fraction of sp³-hybridized carbons (Fsp3) is 0.0833. The molecule has 1 heterocycles. The SMILES string of the molecule is N=C1O[C@H](c2ccc(Cl)cc2Cl)C(=N\NC(N)=S)/C1=N\NC(N)=S. The first-order chi connectivity index (χ1) is 11.3. The molecule has 7 N–H and O–H groups in total. The predicted molar refractivity (Wildman–Crippen MR) is 103 cm³/mol. The van der Waals surface area contributed by atoms with Crippen LogP contribution >= 0.6 is 47.6 Å². The van der Waals surface area contributed by atoms with Gasteiger partial charge in [0, 0.05) is 15.6 Å². The van der Waals surface area contributed by atoms with Crippen LogP contribution in [0, 0.1) is 5.41 Å². The van der Waals surface area contributed by atoms with E-state index >= 15 is 0 Å². The molecule has 0 aliphatic carbocycles. The highest BCUT2D eigenvalue weighted by molar-refractivity contribution is 7.80. The van der Waals surface area contributed by atoms with Crippen molar-refractivity contribution < 1.29 is 4.74 Å². The molecule has 0 spiro atoms. The van der Waals surface area contributed by atoms with Crippen LogP contribution in [-0.4, -0.2) is 27.5 Å². The van der Waals surface area contributed by atoms with Gasteiger partial charge >= 0.3 is 0 Å². The van der Waals surface area contributed by atoms with E-state index < -0.39 is 6.10 Å². The fourth-order valence-electron chi connectivity index (χ4n) is 1.84. The summed E-state index contributed by atoms with van der Waals surface area (Å²) in [6.45, 7) is 0. The van der Waals surface area contributed by atoms with Gasteiger partial charge in [0.1, 0.15) is 5.71 Å². The van der Waals surface area contributed by atoms with E-state index in [1.807, 2.05) is 0 Å². The molecule has 24 heavy (non-hydrogen) atoms. The van der Waals surface area contributed by atoms with Gasteiger partial charge < -0.3 is 16.2 Å². The molecular weight excluding hydrogens is 393 g/mol. The minimum Gasteiger partial charge on any atom is -0.461 e. The maximum Gasteiger partial charge on any atom is 0.237 e. The fourth-order valence-corrected chi connectivity index (χ4v) is 2.44. The molecule has 0 saturated carbocycles. The first-order valence-electron chi connectivity index (χ1n) is 6.26. The van der Waals surface area contributed by atoms with Crippen molar-refractivity contribution in [3.8, 4) is 0 Å². The lowest BCUT2D eigenvalue weighted by molar-refractivity contribution is 0.274. The summed E-state index contributed by atoms with van der Waals surface area (Å²) in [5.74, 6) is -0.252. The summed E-state index contributed by atoms with van der Waals surface area (Å²) in [6, 6.07) is 4.84. The molecule has 12 heteroatoms. The maximum atomic E-state index is 7.94. The van der Waals surface area contributed by atoms with E-state index in [9.17, 15) is 0 Å². The van der Waals surface area contributed by atoms with E-state index in [0.717, 1.165) is 0 Å². The lowest BCUT2D eigenvalue weighted by Crippen LogP contribution is -2.31. The second-order valence-corrected chi connectivity index (χ2v) is 6.13. The third-order valence-corrected chi connectivity index (χ3v) is 3.50. The zero-order valence-electron chi connectivity index (χ0n) is 11.8. The zero-order chi connectivity index (χ0) is 17.9. The third-order valence-electron chi connectivity index (χ3n) is 2.75. The number of nitrogens with zero attached hydrogens (tertiary/aromatic N) is 2. The van der Waals surface area contributed by atoms with Crippen LogP contribution in [0.5, 0.6) is 0 Å². The van der Waals surface area contributed by atoms with Gasteiger partial charge in [-0.1, -0.05) is 29.3 Å². The molecule has 1 aliphatic rings. The predicted octanol–water partition coefficient (Wildman–Crippen LogP) is 1.42. The number of nitrogens with one attached hydrogen (secondary N) is 3. The molecule has 0 radical (unpaired) electrons.